The molecule has 10 heteroatoms. The summed E-state index contributed by atoms with van der Waals surface area (Å²) in [5, 5.41) is 2.78. The highest BCUT2D eigenvalue weighted by molar-refractivity contribution is 9.10. The highest BCUT2D eigenvalue weighted by Crippen LogP contribution is 2.16. The van der Waals surface area contributed by atoms with Crippen LogP contribution >= 0.6 is 27.7 Å². The molecular formula is C16H22BrN3O4S2. The van der Waals surface area contributed by atoms with Crippen LogP contribution in [-0.2, 0) is 19.6 Å². The quantitative estimate of drug-likeness (QED) is 0.640. The highest BCUT2D eigenvalue weighted by Gasteiger charge is 2.25. The van der Waals surface area contributed by atoms with Crippen molar-refractivity contribution in [1.82, 2.24) is 9.62 Å². The SMILES string of the molecule is CS(=O)(=O)NC1CCCN(C(=O)CSCC(=O)Nc2cccc(Br)c2)C1. The minimum Gasteiger partial charge on any atom is -0.340 e. The van der Waals surface area contributed by atoms with Gasteiger partial charge in [-0.3, -0.25) is 9.59 Å². The van der Waals surface area contributed by atoms with Crippen LogP contribution in [0.15, 0.2) is 28.7 Å². The fourth-order valence-corrected chi connectivity index (χ4v) is 4.60. The number of halogens is 1. The van der Waals surface area contributed by atoms with Gasteiger partial charge >= 0.3 is 0 Å². The molecule has 0 aliphatic carbocycles. The van der Waals surface area contributed by atoms with E-state index < -0.39 is 10.0 Å². The van der Waals surface area contributed by atoms with Crippen LogP contribution in [0.5, 0.6) is 0 Å². The van der Waals surface area contributed by atoms with E-state index in [0.29, 0.717) is 18.8 Å². The molecule has 0 saturated carbocycles. The van der Waals surface area contributed by atoms with Crippen molar-refractivity contribution >= 4 is 55.2 Å². The lowest BCUT2D eigenvalue weighted by atomic mass is 10.1. The Labute approximate surface area is 166 Å². The van der Waals surface area contributed by atoms with E-state index >= 15 is 0 Å². The molecule has 2 N–H and O–H groups in total. The van der Waals surface area contributed by atoms with Gasteiger partial charge < -0.3 is 10.2 Å². The number of sulfonamides is 1. The Balaban J connectivity index is 1.73. The zero-order valence-electron chi connectivity index (χ0n) is 14.4. The maximum atomic E-state index is 12.3. The molecule has 0 bridgehead atoms. The van der Waals surface area contributed by atoms with Crippen LogP contribution in [0.2, 0.25) is 0 Å². The third-order valence-corrected chi connectivity index (χ3v) is 5.89. The standard InChI is InChI=1S/C16H22BrN3O4S2/c1-26(23,24)19-14-6-3-7-20(9-14)16(22)11-25-10-15(21)18-13-5-2-4-12(17)8-13/h2,4-5,8,14,19H,3,6-7,9-11H2,1H3,(H,18,21). The van der Waals surface area contributed by atoms with E-state index in [0.717, 1.165) is 23.6 Å². The zero-order chi connectivity index (χ0) is 19.2. The molecule has 144 valence electrons. The number of carbonyl (C=O) groups excluding carboxylic acids is 2. The number of carbonyl (C=O) groups is 2. The highest BCUT2D eigenvalue weighted by atomic mass is 79.9. The molecular weight excluding hydrogens is 442 g/mol. The Hall–Kier alpha value is -1.10. The second-order valence-electron chi connectivity index (χ2n) is 6.12. The van der Waals surface area contributed by atoms with Gasteiger partial charge in [-0.15, -0.1) is 11.8 Å². The Kier molecular flexibility index (Phi) is 7.93. The Morgan fingerprint density at radius 3 is 2.81 bits per heavy atom. The first-order chi connectivity index (χ1) is 12.2. The predicted molar refractivity (Wildman–Crippen MR) is 108 cm³/mol. The normalized spacial score (nSPS) is 17.8. The fourth-order valence-electron chi connectivity index (χ4n) is 2.69. The van der Waals surface area contributed by atoms with E-state index in [9.17, 15) is 18.0 Å². The van der Waals surface area contributed by atoms with Crippen molar-refractivity contribution in [3.8, 4) is 0 Å². The number of hydrogen-bond donors (Lipinski definition) is 2. The first-order valence-corrected chi connectivity index (χ1v) is 11.9. The summed E-state index contributed by atoms with van der Waals surface area (Å²) in [4.78, 5) is 25.9. The average molecular weight is 464 g/mol. The number of nitrogens with zero attached hydrogens (tertiary/aromatic N) is 1. The van der Waals surface area contributed by atoms with Gasteiger partial charge in [-0.25, -0.2) is 13.1 Å². The summed E-state index contributed by atoms with van der Waals surface area (Å²) in [5.41, 5.74) is 0.696. The molecule has 26 heavy (non-hydrogen) atoms. The largest absolute Gasteiger partial charge is 0.340 e. The maximum absolute atomic E-state index is 12.3. The molecule has 1 aromatic carbocycles. The lowest BCUT2D eigenvalue weighted by molar-refractivity contribution is -0.129. The Morgan fingerprint density at radius 2 is 2.12 bits per heavy atom. The molecule has 2 amide bonds. The summed E-state index contributed by atoms with van der Waals surface area (Å²) < 4.78 is 26.1. The Bertz CT molecular complexity index is 758. The lowest BCUT2D eigenvalue weighted by Crippen LogP contribution is -2.49. The molecule has 1 heterocycles. The summed E-state index contributed by atoms with van der Waals surface area (Å²) in [6.45, 7) is 0.988. The van der Waals surface area contributed by atoms with Crippen molar-refractivity contribution in [3.05, 3.63) is 28.7 Å². The molecule has 0 radical (unpaired) electrons. The molecule has 1 aromatic rings. The molecule has 0 spiro atoms. The number of piperidine rings is 1. The second kappa shape index (κ2) is 9.72. The van der Waals surface area contributed by atoms with Crippen LogP contribution in [0.4, 0.5) is 5.69 Å². The Morgan fingerprint density at radius 1 is 1.35 bits per heavy atom. The maximum Gasteiger partial charge on any atom is 0.234 e. The van der Waals surface area contributed by atoms with Crippen molar-refractivity contribution in [3.63, 3.8) is 0 Å². The van der Waals surface area contributed by atoms with Crippen molar-refractivity contribution < 1.29 is 18.0 Å². The predicted octanol–water partition coefficient (Wildman–Crippen LogP) is 1.66. The number of thioether (sulfide) groups is 1. The van der Waals surface area contributed by atoms with Gasteiger partial charge in [0, 0.05) is 29.3 Å². The van der Waals surface area contributed by atoms with Crippen LogP contribution < -0.4 is 10.0 Å². The molecule has 1 atom stereocenters. The van der Waals surface area contributed by atoms with E-state index in [1.807, 2.05) is 12.1 Å². The van der Waals surface area contributed by atoms with Gasteiger partial charge in [0.1, 0.15) is 0 Å². The van der Waals surface area contributed by atoms with Crippen LogP contribution in [0.1, 0.15) is 12.8 Å². The van der Waals surface area contributed by atoms with E-state index in [4.69, 9.17) is 0 Å². The summed E-state index contributed by atoms with van der Waals surface area (Å²) >= 11 is 4.59. The van der Waals surface area contributed by atoms with Gasteiger partial charge in [0.25, 0.3) is 0 Å². The van der Waals surface area contributed by atoms with Crippen LogP contribution in [-0.4, -0.2) is 62.0 Å². The van der Waals surface area contributed by atoms with E-state index in [2.05, 4.69) is 26.0 Å². The van der Waals surface area contributed by atoms with Crippen molar-refractivity contribution in [2.75, 3.05) is 36.2 Å². The van der Waals surface area contributed by atoms with Gasteiger partial charge in [0.05, 0.1) is 17.8 Å². The number of hydrogen-bond acceptors (Lipinski definition) is 5. The number of nitrogens with one attached hydrogen (secondary N) is 2. The van der Waals surface area contributed by atoms with Crippen LogP contribution in [0.25, 0.3) is 0 Å². The molecule has 1 unspecified atom stereocenters. The monoisotopic (exact) mass is 463 g/mol. The average Bonchev–Trinajstić information content (AvgIpc) is 2.53. The zero-order valence-corrected chi connectivity index (χ0v) is 17.6. The third kappa shape index (κ3) is 7.65. The van der Waals surface area contributed by atoms with Gasteiger partial charge in [0.15, 0.2) is 0 Å². The van der Waals surface area contributed by atoms with Crippen LogP contribution in [0, 0.1) is 0 Å². The lowest BCUT2D eigenvalue weighted by Gasteiger charge is -2.32. The van der Waals surface area contributed by atoms with Crippen molar-refractivity contribution in [1.29, 1.82) is 0 Å². The van der Waals surface area contributed by atoms with Gasteiger partial charge in [-0.05, 0) is 31.0 Å². The number of rotatable bonds is 7. The van der Waals surface area contributed by atoms with Crippen molar-refractivity contribution in [2.45, 2.75) is 18.9 Å². The van der Waals surface area contributed by atoms with Crippen LogP contribution in [0.3, 0.4) is 0 Å². The number of benzene rings is 1. The molecule has 7 nitrogen and oxygen atoms in total. The molecule has 1 aliphatic heterocycles. The molecule has 2 rings (SSSR count). The molecule has 1 saturated heterocycles. The van der Waals surface area contributed by atoms with E-state index in [-0.39, 0.29) is 29.4 Å². The minimum absolute atomic E-state index is 0.0785. The molecule has 1 fully saturated rings. The summed E-state index contributed by atoms with van der Waals surface area (Å²) in [6, 6.07) is 7.05. The number of amides is 2. The van der Waals surface area contributed by atoms with Crippen molar-refractivity contribution in [2.24, 2.45) is 0 Å². The van der Waals surface area contributed by atoms with Gasteiger partial charge in [0.2, 0.25) is 21.8 Å². The van der Waals surface area contributed by atoms with E-state index in [1.54, 1.807) is 17.0 Å². The third-order valence-electron chi connectivity index (χ3n) is 3.72. The molecule has 0 aromatic heterocycles. The van der Waals surface area contributed by atoms with E-state index in [1.165, 1.54) is 11.8 Å². The summed E-state index contributed by atoms with van der Waals surface area (Å²) in [5.74, 6) is 0.121. The number of anilines is 1. The topological polar surface area (TPSA) is 95.6 Å². The molecule has 1 aliphatic rings. The summed E-state index contributed by atoms with van der Waals surface area (Å²) in [7, 11) is -3.28. The minimum atomic E-state index is -3.28. The first kappa shape index (κ1) is 21.2. The fraction of sp³-hybridized carbons (Fsp3) is 0.500. The van der Waals surface area contributed by atoms with Gasteiger partial charge in [-0.2, -0.15) is 0 Å². The number of likely N-dealkylation sites (tertiary alicyclic amines) is 1. The smallest absolute Gasteiger partial charge is 0.234 e. The summed E-state index contributed by atoms with van der Waals surface area (Å²) in [6.07, 6.45) is 2.60. The first-order valence-electron chi connectivity index (χ1n) is 8.11. The van der Waals surface area contributed by atoms with Gasteiger partial charge in [-0.1, -0.05) is 22.0 Å². The second-order valence-corrected chi connectivity index (χ2v) is 9.80.